The molecule has 11 heteroatoms. The van der Waals surface area contributed by atoms with E-state index in [4.69, 9.17) is 20.2 Å². The van der Waals surface area contributed by atoms with Gasteiger partial charge in [-0.2, -0.15) is 0 Å². The Bertz CT molecular complexity index is 1360. The summed E-state index contributed by atoms with van der Waals surface area (Å²) < 4.78 is 34.3. The maximum Gasteiger partial charge on any atom is 0.204 e. The molecule has 0 atom stereocenters. The third-order valence-corrected chi connectivity index (χ3v) is 7.03. The van der Waals surface area contributed by atoms with Gasteiger partial charge in [-0.25, -0.2) is 23.8 Å². The lowest BCUT2D eigenvalue weighted by molar-refractivity contribution is 0.0989. The van der Waals surface area contributed by atoms with Crippen LogP contribution in [0.25, 0.3) is 17.5 Å². The van der Waals surface area contributed by atoms with Crippen molar-refractivity contribution in [2.45, 2.75) is 13.2 Å². The summed E-state index contributed by atoms with van der Waals surface area (Å²) in [6.45, 7) is 2.65. The predicted octanol–water partition coefficient (Wildman–Crippen LogP) is 2.55. The fourth-order valence-electron chi connectivity index (χ4n) is 3.92. The molecule has 0 saturated carbocycles. The topological polar surface area (TPSA) is 123 Å². The second kappa shape index (κ2) is 12.2. The smallest absolute Gasteiger partial charge is 0.204 e. The molecule has 1 aliphatic rings. The molecule has 0 amide bonds. The fraction of sp³-hybridized carbons (Fsp3) is 0.333. The lowest BCUT2D eigenvalue weighted by atomic mass is 10.1. The lowest BCUT2D eigenvalue weighted by Gasteiger charge is -2.31. The van der Waals surface area contributed by atoms with Crippen molar-refractivity contribution in [2.24, 2.45) is 0 Å². The summed E-state index contributed by atoms with van der Waals surface area (Å²) in [7, 11) is 0.493. The van der Waals surface area contributed by atoms with Crippen LogP contribution in [0, 0.1) is 0 Å². The van der Waals surface area contributed by atoms with Crippen LogP contribution in [0.2, 0.25) is 0 Å². The van der Waals surface area contributed by atoms with Crippen molar-refractivity contribution in [3.8, 4) is 17.1 Å². The summed E-state index contributed by atoms with van der Waals surface area (Å²) in [6.07, 6.45) is 3.06. The van der Waals surface area contributed by atoms with Crippen LogP contribution in [0.3, 0.4) is 0 Å². The zero-order valence-electron chi connectivity index (χ0n) is 21.9. The summed E-state index contributed by atoms with van der Waals surface area (Å²) in [5, 5.41) is 1.86. The van der Waals surface area contributed by atoms with Gasteiger partial charge in [0, 0.05) is 43.1 Å². The van der Waals surface area contributed by atoms with E-state index in [1.807, 2.05) is 77.6 Å². The van der Waals surface area contributed by atoms with Crippen LogP contribution < -0.4 is 15.9 Å². The number of ether oxygens (including phenoxy) is 2. The first-order valence-electron chi connectivity index (χ1n) is 12.3. The van der Waals surface area contributed by atoms with Gasteiger partial charge in [0.15, 0.2) is 5.82 Å². The van der Waals surface area contributed by atoms with Gasteiger partial charge in [0.05, 0.1) is 25.1 Å². The largest absolute Gasteiger partial charge is 0.489 e. The number of sulfone groups is 1. The molecule has 4 rings (SSSR count). The van der Waals surface area contributed by atoms with E-state index >= 15 is 0 Å². The highest BCUT2D eigenvalue weighted by molar-refractivity contribution is 7.90. The molecule has 0 spiro atoms. The summed E-state index contributed by atoms with van der Waals surface area (Å²) >= 11 is 0. The van der Waals surface area contributed by atoms with E-state index in [1.54, 1.807) is 7.11 Å². The van der Waals surface area contributed by atoms with Gasteiger partial charge in [0.25, 0.3) is 0 Å². The molecule has 38 heavy (non-hydrogen) atoms. The number of likely N-dealkylation sites (N-methyl/N-ethyl adjacent to an activating group) is 1. The first-order chi connectivity index (χ1) is 18.2. The number of nitrogens with one attached hydrogen (secondary N) is 1. The fourth-order valence-corrected chi connectivity index (χ4v) is 4.57. The van der Waals surface area contributed by atoms with Gasteiger partial charge >= 0.3 is 0 Å². The van der Waals surface area contributed by atoms with Gasteiger partial charge in [-0.1, -0.05) is 30.3 Å². The van der Waals surface area contributed by atoms with E-state index in [0.29, 0.717) is 50.3 Å². The predicted molar refractivity (Wildman–Crippen MR) is 148 cm³/mol. The molecule has 1 aliphatic heterocycles. The third-order valence-electron chi connectivity index (χ3n) is 6.11. The molecular formula is C27H34N6O4S. The van der Waals surface area contributed by atoms with Crippen LogP contribution in [0.15, 0.2) is 60.5 Å². The van der Waals surface area contributed by atoms with Crippen molar-refractivity contribution >= 4 is 21.7 Å². The van der Waals surface area contributed by atoms with E-state index in [9.17, 15) is 8.42 Å². The van der Waals surface area contributed by atoms with Crippen molar-refractivity contribution < 1.29 is 17.9 Å². The van der Waals surface area contributed by atoms with E-state index in [-0.39, 0.29) is 5.75 Å². The van der Waals surface area contributed by atoms with E-state index in [1.165, 1.54) is 6.26 Å². The zero-order chi connectivity index (χ0) is 27.1. The molecule has 3 N–H and O–H groups in total. The Labute approximate surface area is 224 Å². The number of nitrogens with two attached hydrogens (primary N) is 1. The van der Waals surface area contributed by atoms with Crippen LogP contribution in [0.4, 0.5) is 5.82 Å². The minimum absolute atomic E-state index is 0.128. The summed E-state index contributed by atoms with van der Waals surface area (Å²) in [6, 6.07) is 17.6. The highest BCUT2D eigenvalue weighted by atomic mass is 32.2. The monoisotopic (exact) mass is 538 g/mol. The van der Waals surface area contributed by atoms with Gasteiger partial charge < -0.3 is 20.1 Å². The van der Waals surface area contributed by atoms with Crippen molar-refractivity contribution in [1.29, 1.82) is 0 Å². The van der Waals surface area contributed by atoms with Crippen molar-refractivity contribution in [3.05, 3.63) is 77.3 Å². The number of hydrogen-bond acceptors (Lipinski definition) is 10. The molecule has 0 aliphatic carbocycles. The summed E-state index contributed by atoms with van der Waals surface area (Å²) in [5.74, 6) is 2.39. The summed E-state index contributed by atoms with van der Waals surface area (Å²) in [5.41, 5.74) is 13.1. The Morgan fingerprint density at radius 2 is 1.82 bits per heavy atom. The molecule has 0 fully saturated rings. The average molecular weight is 539 g/mol. The van der Waals surface area contributed by atoms with Gasteiger partial charge in [0.1, 0.15) is 28.0 Å². The van der Waals surface area contributed by atoms with Crippen molar-refractivity contribution in [2.75, 3.05) is 51.5 Å². The Hall–Kier alpha value is -3.67. The average Bonchev–Trinajstić information content (AvgIpc) is 2.91. The van der Waals surface area contributed by atoms with Crippen LogP contribution in [-0.2, 0) is 27.7 Å². The van der Waals surface area contributed by atoms with Crippen molar-refractivity contribution in [1.82, 2.24) is 25.3 Å². The zero-order valence-corrected chi connectivity index (χ0v) is 22.7. The molecule has 1 aromatic heterocycles. The number of anilines is 1. The minimum Gasteiger partial charge on any atom is -0.489 e. The minimum atomic E-state index is -2.99. The van der Waals surface area contributed by atoms with Crippen molar-refractivity contribution in [3.63, 3.8) is 0 Å². The maximum absolute atomic E-state index is 11.4. The number of nitrogens with zero attached hydrogens (tertiary/aromatic N) is 4. The van der Waals surface area contributed by atoms with E-state index in [0.717, 1.165) is 28.1 Å². The van der Waals surface area contributed by atoms with Crippen LogP contribution in [0.1, 0.15) is 16.8 Å². The van der Waals surface area contributed by atoms with Crippen LogP contribution in [-0.4, -0.2) is 74.1 Å². The number of hydrazine groups is 1. The molecule has 202 valence electrons. The summed E-state index contributed by atoms with van der Waals surface area (Å²) in [4.78, 5) is 11.3. The molecule has 0 unspecified atom stereocenters. The van der Waals surface area contributed by atoms with Crippen LogP contribution in [0.5, 0.6) is 5.75 Å². The Kier molecular flexibility index (Phi) is 8.82. The molecule has 10 nitrogen and oxygen atoms in total. The van der Waals surface area contributed by atoms with Gasteiger partial charge in [-0.05, 0) is 36.9 Å². The Balaban J connectivity index is 1.41. The second-order valence-electron chi connectivity index (χ2n) is 9.21. The first kappa shape index (κ1) is 27.4. The molecule has 3 aromatic rings. The Morgan fingerprint density at radius 1 is 1.08 bits per heavy atom. The van der Waals surface area contributed by atoms with Gasteiger partial charge in [0.2, 0.25) is 5.88 Å². The highest BCUT2D eigenvalue weighted by Gasteiger charge is 2.23. The lowest BCUT2D eigenvalue weighted by Crippen LogP contribution is -2.43. The Morgan fingerprint density at radius 3 is 2.50 bits per heavy atom. The number of benzene rings is 2. The van der Waals surface area contributed by atoms with Crippen LogP contribution >= 0.6 is 0 Å². The van der Waals surface area contributed by atoms with E-state index in [2.05, 4.69) is 10.4 Å². The molecule has 0 saturated heterocycles. The number of methoxy groups -OCH3 is 1. The number of nitrogen functional groups attached to an aromatic ring is 1. The maximum atomic E-state index is 11.4. The molecule has 0 radical (unpaired) electrons. The number of hydrogen-bond donors (Lipinski definition) is 2. The SMILES string of the molecule is COC1=Cc2c(N)nc(-c3ccc(OCc4ccccc4)cc3)nc2CN1NCCN(C)CCS(C)(=O)=O. The van der Waals surface area contributed by atoms with E-state index < -0.39 is 9.84 Å². The normalized spacial score (nSPS) is 13.3. The van der Waals surface area contributed by atoms with Gasteiger partial charge in [-0.15, -0.1) is 0 Å². The third kappa shape index (κ3) is 7.44. The second-order valence-corrected chi connectivity index (χ2v) is 11.5. The molecule has 2 heterocycles. The standard InChI is InChI=1S/C27H34N6O4S/c1-32(15-16-38(3,34)35)14-13-29-33-18-24-23(17-25(33)36-2)26(28)31-27(30-24)21-9-11-22(12-10-21)37-19-20-7-5-4-6-8-20/h4-12,17,29H,13-16,18-19H2,1-3H3,(H2,28,30,31). The quantitative estimate of drug-likeness (QED) is 0.356. The first-order valence-corrected chi connectivity index (χ1v) is 14.3. The number of fused-ring (bicyclic) bond motifs is 1. The van der Waals surface area contributed by atoms with Gasteiger partial charge in [-0.3, -0.25) is 5.01 Å². The highest BCUT2D eigenvalue weighted by Crippen LogP contribution is 2.29. The number of rotatable bonds is 12. The molecular weight excluding hydrogens is 504 g/mol. The number of aromatic nitrogens is 2. The molecule has 0 bridgehead atoms. The molecule has 2 aromatic carbocycles.